The van der Waals surface area contributed by atoms with Gasteiger partial charge in [-0.05, 0) is 43.7 Å². The monoisotopic (exact) mass is 276 g/mol. The maximum Gasteiger partial charge on any atom is 0.231 e. The van der Waals surface area contributed by atoms with Crippen LogP contribution in [0.15, 0.2) is 24.3 Å². The van der Waals surface area contributed by atoms with E-state index in [4.69, 9.17) is 10.5 Å². The smallest absolute Gasteiger partial charge is 0.231 e. The Hall–Kier alpha value is -1.55. The number of anilines is 1. The molecule has 1 aromatic carbocycles. The lowest BCUT2D eigenvalue weighted by atomic mass is 9.70. The van der Waals surface area contributed by atoms with E-state index in [1.54, 1.807) is 7.11 Å². The van der Waals surface area contributed by atoms with Gasteiger partial charge in [0.15, 0.2) is 0 Å². The van der Waals surface area contributed by atoms with Gasteiger partial charge in [-0.15, -0.1) is 0 Å². The van der Waals surface area contributed by atoms with E-state index in [0.29, 0.717) is 12.5 Å². The molecule has 0 radical (unpaired) electrons. The van der Waals surface area contributed by atoms with Crippen molar-refractivity contribution in [1.29, 1.82) is 0 Å². The van der Waals surface area contributed by atoms with E-state index in [1.165, 1.54) is 0 Å². The number of hydrogen-bond donors (Lipinski definition) is 2. The van der Waals surface area contributed by atoms with Crippen molar-refractivity contribution in [3.05, 3.63) is 24.3 Å². The predicted octanol–water partition coefficient (Wildman–Crippen LogP) is 2.79. The van der Waals surface area contributed by atoms with E-state index in [9.17, 15) is 4.79 Å². The van der Waals surface area contributed by atoms with Crippen LogP contribution in [0.1, 0.15) is 32.6 Å². The summed E-state index contributed by atoms with van der Waals surface area (Å²) >= 11 is 0. The minimum Gasteiger partial charge on any atom is -0.497 e. The van der Waals surface area contributed by atoms with Crippen LogP contribution in [0.2, 0.25) is 0 Å². The summed E-state index contributed by atoms with van der Waals surface area (Å²) in [6.45, 7) is 2.65. The molecule has 0 heterocycles. The lowest BCUT2D eigenvalue weighted by Crippen LogP contribution is -2.44. The molecule has 1 saturated carbocycles. The average molecular weight is 276 g/mol. The second kappa shape index (κ2) is 6.27. The molecule has 4 nitrogen and oxygen atoms in total. The minimum absolute atomic E-state index is 0.0418. The van der Waals surface area contributed by atoms with Crippen LogP contribution < -0.4 is 15.8 Å². The summed E-state index contributed by atoms with van der Waals surface area (Å²) in [7, 11) is 1.62. The minimum atomic E-state index is -0.407. The van der Waals surface area contributed by atoms with Crippen LogP contribution in [0.25, 0.3) is 0 Å². The van der Waals surface area contributed by atoms with Gasteiger partial charge in [-0.1, -0.05) is 13.0 Å². The van der Waals surface area contributed by atoms with E-state index in [2.05, 4.69) is 12.2 Å². The number of hydrogen-bond acceptors (Lipinski definition) is 3. The molecule has 2 rings (SSSR count). The van der Waals surface area contributed by atoms with Crippen molar-refractivity contribution in [2.75, 3.05) is 19.0 Å². The fourth-order valence-corrected chi connectivity index (χ4v) is 2.80. The average Bonchev–Trinajstić information content (AvgIpc) is 2.48. The lowest BCUT2D eigenvalue weighted by molar-refractivity contribution is -0.127. The third-order valence-electron chi connectivity index (χ3n) is 4.43. The Bertz CT molecular complexity index is 465. The normalized spacial score (nSPS) is 26.1. The van der Waals surface area contributed by atoms with Crippen molar-refractivity contribution in [3.63, 3.8) is 0 Å². The molecule has 1 aliphatic rings. The van der Waals surface area contributed by atoms with Gasteiger partial charge in [-0.3, -0.25) is 4.79 Å². The molecule has 4 heteroatoms. The van der Waals surface area contributed by atoms with Crippen molar-refractivity contribution in [2.24, 2.45) is 17.1 Å². The Balaban J connectivity index is 2.09. The first-order valence-corrected chi connectivity index (χ1v) is 7.25. The standard InChI is InChI=1S/C16H24N2O2/c1-12-6-8-16(11-17,9-7-12)15(19)18-13-4-3-5-14(10-13)20-2/h3-5,10,12H,6-9,11,17H2,1-2H3,(H,18,19). The van der Waals surface area contributed by atoms with Gasteiger partial charge in [-0.2, -0.15) is 0 Å². The van der Waals surface area contributed by atoms with Gasteiger partial charge in [-0.25, -0.2) is 0 Å². The summed E-state index contributed by atoms with van der Waals surface area (Å²) in [5, 5.41) is 2.99. The third kappa shape index (κ3) is 3.12. The van der Waals surface area contributed by atoms with Crippen LogP contribution in [-0.4, -0.2) is 19.6 Å². The number of nitrogens with one attached hydrogen (secondary N) is 1. The summed E-state index contributed by atoms with van der Waals surface area (Å²) < 4.78 is 5.17. The zero-order valence-electron chi connectivity index (χ0n) is 12.3. The number of carbonyl (C=O) groups is 1. The fourth-order valence-electron chi connectivity index (χ4n) is 2.80. The number of benzene rings is 1. The Kier molecular flexibility index (Phi) is 4.65. The van der Waals surface area contributed by atoms with Crippen molar-refractivity contribution in [1.82, 2.24) is 0 Å². The number of amides is 1. The highest BCUT2D eigenvalue weighted by Crippen LogP contribution is 2.39. The van der Waals surface area contributed by atoms with Gasteiger partial charge in [0.1, 0.15) is 5.75 Å². The Morgan fingerprint density at radius 3 is 2.75 bits per heavy atom. The SMILES string of the molecule is COc1cccc(NC(=O)C2(CN)CCC(C)CC2)c1. The summed E-state index contributed by atoms with van der Waals surface area (Å²) in [5.74, 6) is 1.47. The number of carbonyl (C=O) groups excluding carboxylic acids is 1. The molecule has 1 aromatic rings. The van der Waals surface area contributed by atoms with Crippen molar-refractivity contribution in [3.8, 4) is 5.75 Å². The molecule has 110 valence electrons. The molecule has 1 fully saturated rings. The van der Waals surface area contributed by atoms with Gasteiger partial charge >= 0.3 is 0 Å². The summed E-state index contributed by atoms with van der Waals surface area (Å²) in [4.78, 5) is 12.6. The molecule has 0 spiro atoms. The topological polar surface area (TPSA) is 64.3 Å². The third-order valence-corrected chi connectivity index (χ3v) is 4.43. The van der Waals surface area contributed by atoms with Crippen LogP contribution in [0, 0.1) is 11.3 Å². The molecule has 1 amide bonds. The van der Waals surface area contributed by atoms with E-state index in [-0.39, 0.29) is 5.91 Å². The van der Waals surface area contributed by atoms with Crippen LogP contribution in [0.5, 0.6) is 5.75 Å². The Labute approximate surface area is 120 Å². The highest BCUT2D eigenvalue weighted by atomic mass is 16.5. The summed E-state index contributed by atoms with van der Waals surface area (Å²) in [6, 6.07) is 7.42. The highest BCUT2D eigenvalue weighted by molar-refractivity contribution is 5.95. The lowest BCUT2D eigenvalue weighted by Gasteiger charge is -2.37. The molecule has 3 N–H and O–H groups in total. The van der Waals surface area contributed by atoms with Crippen LogP contribution >= 0.6 is 0 Å². The van der Waals surface area contributed by atoms with Crippen molar-refractivity contribution in [2.45, 2.75) is 32.6 Å². The highest BCUT2D eigenvalue weighted by Gasteiger charge is 2.39. The van der Waals surface area contributed by atoms with Crippen LogP contribution in [0.4, 0.5) is 5.69 Å². The Morgan fingerprint density at radius 2 is 2.15 bits per heavy atom. The molecule has 0 bridgehead atoms. The second-order valence-electron chi connectivity index (χ2n) is 5.85. The van der Waals surface area contributed by atoms with E-state index >= 15 is 0 Å². The maximum absolute atomic E-state index is 12.6. The predicted molar refractivity (Wildman–Crippen MR) is 80.7 cm³/mol. The largest absolute Gasteiger partial charge is 0.497 e. The van der Waals surface area contributed by atoms with Crippen molar-refractivity contribution >= 4 is 11.6 Å². The zero-order valence-corrected chi connectivity index (χ0v) is 12.3. The zero-order chi connectivity index (χ0) is 14.6. The number of nitrogens with two attached hydrogens (primary N) is 1. The molecule has 20 heavy (non-hydrogen) atoms. The molecule has 0 unspecified atom stereocenters. The molecule has 1 aliphatic carbocycles. The van der Waals surface area contributed by atoms with Gasteiger partial charge in [0.05, 0.1) is 12.5 Å². The number of rotatable bonds is 4. The first-order chi connectivity index (χ1) is 9.59. The van der Waals surface area contributed by atoms with E-state index in [1.807, 2.05) is 24.3 Å². The van der Waals surface area contributed by atoms with Crippen LogP contribution in [0.3, 0.4) is 0 Å². The molecular weight excluding hydrogens is 252 g/mol. The molecular formula is C16H24N2O2. The Morgan fingerprint density at radius 1 is 1.45 bits per heavy atom. The first-order valence-electron chi connectivity index (χ1n) is 7.25. The molecule has 0 saturated heterocycles. The summed E-state index contributed by atoms with van der Waals surface area (Å²) in [6.07, 6.45) is 3.90. The van der Waals surface area contributed by atoms with Crippen LogP contribution in [-0.2, 0) is 4.79 Å². The molecule has 0 aliphatic heterocycles. The first kappa shape index (κ1) is 14.9. The van der Waals surface area contributed by atoms with E-state index < -0.39 is 5.41 Å². The summed E-state index contributed by atoms with van der Waals surface area (Å²) in [5.41, 5.74) is 6.27. The fraction of sp³-hybridized carbons (Fsp3) is 0.562. The number of methoxy groups -OCH3 is 1. The second-order valence-corrected chi connectivity index (χ2v) is 5.85. The quantitative estimate of drug-likeness (QED) is 0.888. The number of ether oxygens (including phenoxy) is 1. The van der Waals surface area contributed by atoms with Gasteiger partial charge in [0, 0.05) is 18.3 Å². The van der Waals surface area contributed by atoms with Gasteiger partial charge in [0.2, 0.25) is 5.91 Å². The maximum atomic E-state index is 12.6. The molecule has 0 aromatic heterocycles. The molecule has 0 atom stereocenters. The van der Waals surface area contributed by atoms with Crippen molar-refractivity contribution < 1.29 is 9.53 Å². The van der Waals surface area contributed by atoms with Gasteiger partial charge in [0.25, 0.3) is 0 Å². The van der Waals surface area contributed by atoms with Gasteiger partial charge < -0.3 is 15.8 Å². The van der Waals surface area contributed by atoms with E-state index in [0.717, 1.165) is 37.1 Å².